The van der Waals surface area contributed by atoms with Crippen molar-refractivity contribution in [2.75, 3.05) is 12.8 Å². The van der Waals surface area contributed by atoms with Gasteiger partial charge in [-0.2, -0.15) is 5.26 Å². The minimum Gasteiger partial charge on any atom is -0.465 e. The van der Waals surface area contributed by atoms with E-state index in [4.69, 9.17) is 11.0 Å². The van der Waals surface area contributed by atoms with Gasteiger partial charge in [0.05, 0.1) is 25.2 Å². The number of esters is 1. The van der Waals surface area contributed by atoms with E-state index in [-0.39, 0.29) is 0 Å². The number of nitrogen functional groups attached to an aromatic ring is 1. The van der Waals surface area contributed by atoms with Crippen LogP contribution in [0.5, 0.6) is 0 Å². The summed E-state index contributed by atoms with van der Waals surface area (Å²) in [4.78, 5) is 11.5. The molecule has 88 valence electrons. The molecule has 2 N–H and O–H groups in total. The monoisotopic (exact) mass is 230 g/mol. The van der Waals surface area contributed by atoms with Crippen LogP contribution in [0.3, 0.4) is 0 Å². The number of anilines is 1. The van der Waals surface area contributed by atoms with E-state index < -0.39 is 5.97 Å². The van der Waals surface area contributed by atoms with Crippen LogP contribution in [0.1, 0.15) is 27.9 Å². The first-order chi connectivity index (χ1) is 8.10. The van der Waals surface area contributed by atoms with Crippen LogP contribution < -0.4 is 5.73 Å². The van der Waals surface area contributed by atoms with Crippen LogP contribution in [0, 0.1) is 18.3 Å². The molecule has 17 heavy (non-hydrogen) atoms. The first-order valence-corrected chi connectivity index (χ1v) is 5.12. The Morgan fingerprint density at radius 2 is 2.29 bits per heavy atom. The third kappa shape index (κ3) is 3.08. The second kappa shape index (κ2) is 5.71. The van der Waals surface area contributed by atoms with Crippen molar-refractivity contribution >= 4 is 17.7 Å². The number of allylic oxidation sites excluding steroid dienone is 1. The summed E-state index contributed by atoms with van der Waals surface area (Å²) in [6.07, 6.45) is 3.79. The molecular weight excluding hydrogens is 216 g/mol. The molecule has 0 amide bonds. The molecule has 0 saturated carbocycles. The van der Waals surface area contributed by atoms with Crippen LogP contribution in [-0.2, 0) is 4.74 Å². The molecule has 1 aromatic rings. The number of rotatable bonds is 3. The van der Waals surface area contributed by atoms with Gasteiger partial charge >= 0.3 is 5.97 Å². The number of methoxy groups -OCH3 is 1. The summed E-state index contributed by atoms with van der Waals surface area (Å²) in [6, 6.07) is 5.46. The van der Waals surface area contributed by atoms with E-state index in [1.54, 1.807) is 31.2 Å². The highest BCUT2D eigenvalue weighted by Crippen LogP contribution is 2.20. The standard InChI is InChI=1S/C13H14N2O2/c1-9-11(13(16)17-2)7-10(8-12(9)15)5-3-4-6-14/h3,5,7-8H,4,15H2,1-2H3. The van der Waals surface area contributed by atoms with Gasteiger partial charge in [-0.15, -0.1) is 0 Å². The lowest BCUT2D eigenvalue weighted by atomic mass is 10.0. The Hall–Kier alpha value is -2.28. The van der Waals surface area contributed by atoms with Crippen LogP contribution in [0.25, 0.3) is 6.08 Å². The predicted octanol–water partition coefficient (Wildman–Crippen LogP) is 2.29. The Bertz CT molecular complexity index is 499. The molecule has 0 radical (unpaired) electrons. The fraction of sp³-hybridized carbons (Fsp3) is 0.231. The van der Waals surface area contributed by atoms with Crippen molar-refractivity contribution in [3.8, 4) is 6.07 Å². The highest BCUT2D eigenvalue weighted by atomic mass is 16.5. The molecule has 0 aliphatic carbocycles. The molecule has 0 aliphatic rings. The lowest BCUT2D eigenvalue weighted by Crippen LogP contribution is -2.06. The SMILES string of the molecule is COC(=O)c1cc(C=CCC#N)cc(N)c1C. The summed E-state index contributed by atoms with van der Waals surface area (Å²) >= 11 is 0. The molecule has 0 unspecified atom stereocenters. The normalized spacial score (nSPS) is 10.2. The van der Waals surface area contributed by atoms with Gasteiger partial charge in [-0.05, 0) is 30.2 Å². The maximum absolute atomic E-state index is 11.5. The number of benzene rings is 1. The van der Waals surface area contributed by atoms with Crippen LogP contribution >= 0.6 is 0 Å². The Kier molecular flexibility index (Phi) is 4.29. The van der Waals surface area contributed by atoms with E-state index in [0.717, 1.165) is 5.56 Å². The quantitative estimate of drug-likeness (QED) is 0.638. The highest BCUT2D eigenvalue weighted by Gasteiger charge is 2.11. The second-order valence-electron chi connectivity index (χ2n) is 3.54. The van der Waals surface area contributed by atoms with Gasteiger partial charge in [-0.3, -0.25) is 0 Å². The molecule has 0 heterocycles. The number of hydrogen-bond acceptors (Lipinski definition) is 4. The molecular formula is C13H14N2O2. The average molecular weight is 230 g/mol. The average Bonchev–Trinajstić information content (AvgIpc) is 2.32. The minimum absolute atomic E-state index is 0.321. The molecule has 1 rings (SSSR count). The summed E-state index contributed by atoms with van der Waals surface area (Å²) < 4.78 is 4.68. The second-order valence-corrected chi connectivity index (χ2v) is 3.54. The van der Waals surface area contributed by atoms with Crippen LogP contribution in [0.2, 0.25) is 0 Å². The summed E-state index contributed by atoms with van der Waals surface area (Å²) in [5, 5.41) is 8.42. The largest absolute Gasteiger partial charge is 0.465 e. The van der Waals surface area contributed by atoms with E-state index in [0.29, 0.717) is 23.2 Å². The molecule has 4 nitrogen and oxygen atoms in total. The summed E-state index contributed by atoms with van der Waals surface area (Å²) in [5.74, 6) is -0.412. The Morgan fingerprint density at radius 1 is 1.59 bits per heavy atom. The van der Waals surface area contributed by atoms with Gasteiger partial charge in [0.25, 0.3) is 0 Å². The number of ether oxygens (including phenoxy) is 1. The van der Waals surface area contributed by atoms with Crippen molar-refractivity contribution < 1.29 is 9.53 Å². The smallest absolute Gasteiger partial charge is 0.338 e. The number of nitriles is 1. The fourth-order valence-electron chi connectivity index (χ4n) is 1.43. The van der Waals surface area contributed by atoms with Crippen molar-refractivity contribution in [2.24, 2.45) is 0 Å². The van der Waals surface area contributed by atoms with E-state index in [2.05, 4.69) is 4.74 Å². The molecule has 0 fully saturated rings. The zero-order valence-electron chi connectivity index (χ0n) is 9.86. The van der Waals surface area contributed by atoms with E-state index in [9.17, 15) is 4.79 Å². The van der Waals surface area contributed by atoms with Gasteiger partial charge in [0.15, 0.2) is 0 Å². The van der Waals surface area contributed by atoms with Gasteiger partial charge in [0.2, 0.25) is 0 Å². The highest BCUT2D eigenvalue weighted by molar-refractivity contribution is 5.93. The Morgan fingerprint density at radius 3 is 2.88 bits per heavy atom. The molecule has 4 heteroatoms. The van der Waals surface area contributed by atoms with Crippen LogP contribution in [-0.4, -0.2) is 13.1 Å². The number of carbonyl (C=O) groups is 1. The maximum atomic E-state index is 11.5. The van der Waals surface area contributed by atoms with Gasteiger partial charge in [0.1, 0.15) is 0 Å². The Balaban J connectivity index is 3.15. The molecule has 0 saturated heterocycles. The van der Waals surface area contributed by atoms with Crippen molar-refractivity contribution in [3.63, 3.8) is 0 Å². The van der Waals surface area contributed by atoms with Gasteiger partial charge in [-0.25, -0.2) is 4.79 Å². The number of carbonyl (C=O) groups excluding carboxylic acids is 1. The first kappa shape index (κ1) is 12.8. The van der Waals surface area contributed by atoms with Crippen LogP contribution in [0.15, 0.2) is 18.2 Å². The summed E-state index contributed by atoms with van der Waals surface area (Å²) in [5.41, 5.74) is 8.28. The molecule has 1 aromatic carbocycles. The number of nitrogens with zero attached hydrogens (tertiary/aromatic N) is 1. The van der Waals surface area contributed by atoms with Crippen molar-refractivity contribution in [3.05, 3.63) is 34.9 Å². The van der Waals surface area contributed by atoms with Crippen LogP contribution in [0.4, 0.5) is 5.69 Å². The van der Waals surface area contributed by atoms with Gasteiger partial charge < -0.3 is 10.5 Å². The van der Waals surface area contributed by atoms with E-state index >= 15 is 0 Å². The Labute approximate surface area is 100 Å². The zero-order chi connectivity index (χ0) is 12.8. The van der Waals surface area contributed by atoms with E-state index in [1.165, 1.54) is 7.11 Å². The minimum atomic E-state index is -0.412. The van der Waals surface area contributed by atoms with E-state index in [1.807, 2.05) is 6.07 Å². The zero-order valence-corrected chi connectivity index (χ0v) is 9.86. The van der Waals surface area contributed by atoms with Gasteiger partial charge in [-0.1, -0.05) is 12.2 Å². The number of hydrogen-bond donors (Lipinski definition) is 1. The lowest BCUT2D eigenvalue weighted by Gasteiger charge is -2.08. The van der Waals surface area contributed by atoms with Crippen molar-refractivity contribution in [2.45, 2.75) is 13.3 Å². The number of nitrogens with two attached hydrogens (primary N) is 1. The lowest BCUT2D eigenvalue weighted by molar-refractivity contribution is 0.0600. The predicted molar refractivity (Wildman–Crippen MR) is 66.2 cm³/mol. The topological polar surface area (TPSA) is 76.1 Å². The summed E-state index contributed by atoms with van der Waals surface area (Å²) in [6.45, 7) is 1.77. The molecule has 0 atom stereocenters. The maximum Gasteiger partial charge on any atom is 0.338 e. The first-order valence-electron chi connectivity index (χ1n) is 5.12. The molecule has 0 bridgehead atoms. The third-order valence-electron chi connectivity index (χ3n) is 2.39. The van der Waals surface area contributed by atoms with Gasteiger partial charge in [0, 0.05) is 5.69 Å². The third-order valence-corrected chi connectivity index (χ3v) is 2.39. The fourth-order valence-corrected chi connectivity index (χ4v) is 1.43. The summed E-state index contributed by atoms with van der Waals surface area (Å²) in [7, 11) is 1.33. The molecule has 0 spiro atoms. The molecule has 0 aromatic heterocycles. The van der Waals surface area contributed by atoms with Crippen molar-refractivity contribution in [1.82, 2.24) is 0 Å². The van der Waals surface area contributed by atoms with Crippen molar-refractivity contribution in [1.29, 1.82) is 5.26 Å². The molecule has 0 aliphatic heterocycles.